The first-order valence-electron chi connectivity index (χ1n) is 5.38. The van der Waals surface area contributed by atoms with Gasteiger partial charge in [-0.2, -0.15) is 0 Å². The van der Waals surface area contributed by atoms with Crippen LogP contribution < -0.4 is 5.32 Å². The zero-order valence-corrected chi connectivity index (χ0v) is 9.56. The first kappa shape index (κ1) is 13.6. The highest BCUT2D eigenvalue weighted by Crippen LogP contribution is 2.14. The molecule has 0 heterocycles. The Balaban J connectivity index is 2.69. The van der Waals surface area contributed by atoms with E-state index in [9.17, 15) is 13.2 Å². The second kappa shape index (κ2) is 6.31. The summed E-state index contributed by atoms with van der Waals surface area (Å²) in [5.41, 5.74) is 0.0966. The molecular formula is C13H14F3N. The van der Waals surface area contributed by atoms with Gasteiger partial charge in [0.05, 0.1) is 0 Å². The monoisotopic (exact) mass is 241 g/mol. The Bertz CT molecular complexity index is 423. The molecule has 0 aliphatic heterocycles. The van der Waals surface area contributed by atoms with E-state index in [0.29, 0.717) is 12.5 Å². The molecule has 4 heteroatoms. The number of terminal acetylenes is 1. The molecule has 1 aromatic rings. The largest absolute Gasteiger partial charge is 0.309 e. The van der Waals surface area contributed by atoms with Gasteiger partial charge in [0.25, 0.3) is 0 Å². The highest BCUT2D eigenvalue weighted by molar-refractivity contribution is 5.20. The summed E-state index contributed by atoms with van der Waals surface area (Å²) in [6.07, 6.45) is 6.48. The van der Waals surface area contributed by atoms with Crippen molar-refractivity contribution in [2.75, 3.05) is 0 Å². The van der Waals surface area contributed by atoms with Gasteiger partial charge in [0, 0.05) is 30.6 Å². The van der Waals surface area contributed by atoms with Crippen LogP contribution in [0.2, 0.25) is 0 Å². The molecular weight excluding hydrogens is 227 g/mol. The van der Waals surface area contributed by atoms with Crippen LogP contribution in [0, 0.1) is 29.8 Å². The van der Waals surface area contributed by atoms with Crippen molar-refractivity contribution in [2.45, 2.75) is 32.4 Å². The van der Waals surface area contributed by atoms with E-state index in [4.69, 9.17) is 6.42 Å². The fourth-order valence-electron chi connectivity index (χ4n) is 1.46. The second-order valence-corrected chi connectivity index (χ2v) is 3.75. The second-order valence-electron chi connectivity index (χ2n) is 3.75. The summed E-state index contributed by atoms with van der Waals surface area (Å²) in [5.74, 6) is -0.484. The van der Waals surface area contributed by atoms with Gasteiger partial charge in [0.2, 0.25) is 0 Å². The third-order valence-corrected chi connectivity index (χ3v) is 2.53. The first-order valence-corrected chi connectivity index (χ1v) is 5.38. The highest BCUT2D eigenvalue weighted by Gasteiger charge is 2.11. The molecule has 1 aromatic carbocycles. The zero-order chi connectivity index (χ0) is 12.8. The van der Waals surface area contributed by atoms with Crippen molar-refractivity contribution in [2.24, 2.45) is 0 Å². The SMILES string of the molecule is C#CCC(CC)NCc1cc(F)c(F)cc1F. The minimum Gasteiger partial charge on any atom is -0.309 e. The van der Waals surface area contributed by atoms with Crippen LogP contribution in [0.4, 0.5) is 13.2 Å². The fourth-order valence-corrected chi connectivity index (χ4v) is 1.46. The van der Waals surface area contributed by atoms with Crippen molar-refractivity contribution in [3.8, 4) is 12.3 Å². The van der Waals surface area contributed by atoms with Crippen LogP contribution in [0.15, 0.2) is 12.1 Å². The minimum absolute atomic E-state index is 0.0486. The van der Waals surface area contributed by atoms with Gasteiger partial charge in [0.1, 0.15) is 5.82 Å². The predicted molar refractivity (Wildman–Crippen MR) is 60.7 cm³/mol. The molecule has 17 heavy (non-hydrogen) atoms. The number of nitrogens with one attached hydrogen (secondary N) is 1. The third-order valence-electron chi connectivity index (χ3n) is 2.53. The van der Waals surface area contributed by atoms with Crippen LogP contribution in [0.3, 0.4) is 0 Å². The summed E-state index contributed by atoms with van der Waals surface area (Å²) < 4.78 is 38.9. The molecule has 1 rings (SSSR count). The summed E-state index contributed by atoms with van der Waals surface area (Å²) in [6.45, 7) is 2.07. The Morgan fingerprint density at radius 1 is 1.24 bits per heavy atom. The lowest BCUT2D eigenvalue weighted by atomic mass is 10.1. The van der Waals surface area contributed by atoms with Crippen molar-refractivity contribution >= 4 is 0 Å². The summed E-state index contributed by atoms with van der Waals surface area (Å²) >= 11 is 0. The summed E-state index contributed by atoms with van der Waals surface area (Å²) in [5, 5.41) is 3.00. The molecule has 0 bridgehead atoms. The molecule has 0 amide bonds. The maximum atomic E-state index is 13.3. The van der Waals surface area contributed by atoms with E-state index < -0.39 is 17.5 Å². The summed E-state index contributed by atoms with van der Waals surface area (Å²) in [7, 11) is 0. The lowest BCUT2D eigenvalue weighted by molar-refractivity contribution is 0.471. The molecule has 1 nitrogen and oxygen atoms in total. The molecule has 0 aliphatic carbocycles. The zero-order valence-electron chi connectivity index (χ0n) is 9.56. The van der Waals surface area contributed by atoms with Crippen LogP contribution >= 0.6 is 0 Å². The minimum atomic E-state index is -1.18. The summed E-state index contributed by atoms with van der Waals surface area (Å²) in [6, 6.07) is 1.46. The maximum Gasteiger partial charge on any atom is 0.161 e. The van der Waals surface area contributed by atoms with E-state index in [-0.39, 0.29) is 18.2 Å². The van der Waals surface area contributed by atoms with Crippen molar-refractivity contribution < 1.29 is 13.2 Å². The molecule has 0 aliphatic rings. The average molecular weight is 241 g/mol. The Morgan fingerprint density at radius 2 is 1.88 bits per heavy atom. The number of benzene rings is 1. The van der Waals surface area contributed by atoms with E-state index in [1.807, 2.05) is 6.92 Å². The van der Waals surface area contributed by atoms with Gasteiger partial charge >= 0.3 is 0 Å². The Morgan fingerprint density at radius 3 is 2.47 bits per heavy atom. The van der Waals surface area contributed by atoms with Crippen LogP contribution in [0.1, 0.15) is 25.3 Å². The first-order chi connectivity index (χ1) is 8.08. The molecule has 0 fully saturated rings. The number of hydrogen-bond acceptors (Lipinski definition) is 1. The molecule has 92 valence electrons. The van der Waals surface area contributed by atoms with E-state index in [1.165, 1.54) is 0 Å². The number of halogens is 3. The molecule has 1 N–H and O–H groups in total. The summed E-state index contributed by atoms with van der Waals surface area (Å²) in [4.78, 5) is 0. The molecule has 0 saturated heterocycles. The highest BCUT2D eigenvalue weighted by atomic mass is 19.2. The van der Waals surface area contributed by atoms with Crippen LogP contribution in [-0.4, -0.2) is 6.04 Å². The Kier molecular flexibility index (Phi) is 5.05. The van der Waals surface area contributed by atoms with Crippen LogP contribution in [0.5, 0.6) is 0 Å². The molecule has 1 atom stereocenters. The average Bonchev–Trinajstić information content (AvgIpc) is 2.30. The van der Waals surface area contributed by atoms with Gasteiger partial charge < -0.3 is 5.32 Å². The Labute approximate surface area is 99.0 Å². The molecule has 0 spiro atoms. The van der Waals surface area contributed by atoms with Gasteiger partial charge in [-0.05, 0) is 12.5 Å². The van der Waals surface area contributed by atoms with Gasteiger partial charge in [-0.15, -0.1) is 12.3 Å². The van der Waals surface area contributed by atoms with Gasteiger partial charge in [-0.25, -0.2) is 13.2 Å². The Hall–Kier alpha value is -1.47. The van der Waals surface area contributed by atoms with Gasteiger partial charge in [0.15, 0.2) is 11.6 Å². The lowest BCUT2D eigenvalue weighted by Crippen LogP contribution is -2.27. The third kappa shape index (κ3) is 3.79. The van der Waals surface area contributed by atoms with Crippen molar-refractivity contribution in [1.82, 2.24) is 5.32 Å². The fraction of sp³-hybridized carbons (Fsp3) is 0.385. The smallest absolute Gasteiger partial charge is 0.161 e. The van der Waals surface area contributed by atoms with E-state index >= 15 is 0 Å². The van der Waals surface area contributed by atoms with Crippen molar-refractivity contribution in [1.29, 1.82) is 0 Å². The molecule has 1 unspecified atom stereocenters. The van der Waals surface area contributed by atoms with Gasteiger partial charge in [-0.1, -0.05) is 6.92 Å². The lowest BCUT2D eigenvalue weighted by Gasteiger charge is -2.14. The van der Waals surface area contributed by atoms with E-state index in [1.54, 1.807) is 0 Å². The molecule has 0 aromatic heterocycles. The van der Waals surface area contributed by atoms with Crippen LogP contribution in [0.25, 0.3) is 0 Å². The van der Waals surface area contributed by atoms with E-state index in [2.05, 4.69) is 11.2 Å². The predicted octanol–water partition coefficient (Wildman–Crippen LogP) is 3.00. The molecule has 0 radical (unpaired) electrons. The van der Waals surface area contributed by atoms with Crippen LogP contribution in [-0.2, 0) is 6.54 Å². The van der Waals surface area contributed by atoms with Crippen molar-refractivity contribution in [3.63, 3.8) is 0 Å². The quantitative estimate of drug-likeness (QED) is 0.617. The standard InChI is InChI=1S/C13H14F3N/c1-3-5-10(4-2)17-8-9-6-12(15)13(16)7-11(9)14/h1,6-7,10,17H,4-5,8H2,2H3. The maximum absolute atomic E-state index is 13.3. The molecule has 0 saturated carbocycles. The number of rotatable bonds is 5. The topological polar surface area (TPSA) is 12.0 Å². The van der Waals surface area contributed by atoms with E-state index in [0.717, 1.165) is 12.5 Å². The normalized spacial score (nSPS) is 12.2. The van der Waals surface area contributed by atoms with Crippen molar-refractivity contribution in [3.05, 3.63) is 35.1 Å². The number of hydrogen-bond donors (Lipinski definition) is 1. The van der Waals surface area contributed by atoms with Gasteiger partial charge in [-0.3, -0.25) is 0 Å².